The van der Waals surface area contributed by atoms with Gasteiger partial charge in [0, 0.05) is 19.6 Å². The van der Waals surface area contributed by atoms with Crippen LogP contribution >= 0.6 is 0 Å². The quantitative estimate of drug-likeness (QED) is 0.799. The van der Waals surface area contributed by atoms with Crippen LogP contribution in [0.15, 0.2) is 0 Å². The Labute approximate surface area is 114 Å². The molecule has 0 aromatic heterocycles. The fourth-order valence-corrected chi connectivity index (χ4v) is 3.31. The van der Waals surface area contributed by atoms with Crippen molar-refractivity contribution in [2.75, 3.05) is 26.2 Å². The fraction of sp³-hybridized carbons (Fsp3) is 0.857. The van der Waals surface area contributed by atoms with Gasteiger partial charge in [-0.3, -0.25) is 9.59 Å². The first-order valence-electron chi connectivity index (χ1n) is 7.23. The molecule has 0 aromatic carbocycles. The van der Waals surface area contributed by atoms with Gasteiger partial charge in [0.15, 0.2) is 0 Å². The molecule has 2 fully saturated rings. The second kappa shape index (κ2) is 5.49. The van der Waals surface area contributed by atoms with Gasteiger partial charge in [-0.25, -0.2) is 0 Å². The summed E-state index contributed by atoms with van der Waals surface area (Å²) in [6.07, 6.45) is 2.06. The van der Waals surface area contributed by atoms with Gasteiger partial charge in [-0.05, 0) is 31.7 Å². The Morgan fingerprint density at radius 3 is 2.68 bits per heavy atom. The van der Waals surface area contributed by atoms with E-state index in [2.05, 4.69) is 12.2 Å². The zero-order chi connectivity index (χ0) is 14.0. The number of piperidine rings is 1. The topological polar surface area (TPSA) is 69.6 Å². The first-order chi connectivity index (χ1) is 9.00. The number of nitrogens with one attached hydrogen (secondary N) is 1. The second-order valence-corrected chi connectivity index (χ2v) is 6.04. The van der Waals surface area contributed by atoms with Gasteiger partial charge >= 0.3 is 5.97 Å². The molecule has 0 saturated carbocycles. The van der Waals surface area contributed by atoms with Crippen molar-refractivity contribution in [3.8, 4) is 0 Å². The summed E-state index contributed by atoms with van der Waals surface area (Å²) in [7, 11) is 0. The lowest BCUT2D eigenvalue weighted by Crippen LogP contribution is -2.51. The van der Waals surface area contributed by atoms with Crippen LogP contribution in [0.4, 0.5) is 0 Å². The molecule has 3 unspecified atom stereocenters. The summed E-state index contributed by atoms with van der Waals surface area (Å²) >= 11 is 0. The maximum absolute atomic E-state index is 12.5. The van der Waals surface area contributed by atoms with Crippen molar-refractivity contribution >= 4 is 11.9 Å². The maximum atomic E-state index is 12.5. The van der Waals surface area contributed by atoms with Gasteiger partial charge in [-0.15, -0.1) is 0 Å². The van der Waals surface area contributed by atoms with Crippen molar-refractivity contribution in [1.29, 1.82) is 0 Å². The molecule has 2 rings (SSSR count). The Bertz CT molecular complexity index is 372. The summed E-state index contributed by atoms with van der Waals surface area (Å²) < 4.78 is 0. The highest BCUT2D eigenvalue weighted by atomic mass is 16.4. The number of amides is 1. The van der Waals surface area contributed by atoms with E-state index in [1.165, 1.54) is 0 Å². The highest BCUT2D eigenvalue weighted by molar-refractivity contribution is 5.82. The van der Waals surface area contributed by atoms with Crippen LogP contribution in [0.2, 0.25) is 0 Å². The Morgan fingerprint density at radius 1 is 1.42 bits per heavy atom. The molecule has 2 heterocycles. The third-order valence-electron chi connectivity index (χ3n) is 4.85. The van der Waals surface area contributed by atoms with Crippen LogP contribution < -0.4 is 5.32 Å². The van der Waals surface area contributed by atoms with Gasteiger partial charge in [0.1, 0.15) is 0 Å². The summed E-state index contributed by atoms with van der Waals surface area (Å²) in [5.41, 5.74) is -0.733. The summed E-state index contributed by atoms with van der Waals surface area (Å²) in [5, 5.41) is 12.7. The number of rotatable bonds is 3. The van der Waals surface area contributed by atoms with Crippen LogP contribution in [0.1, 0.15) is 33.1 Å². The molecule has 2 aliphatic heterocycles. The van der Waals surface area contributed by atoms with E-state index >= 15 is 0 Å². The summed E-state index contributed by atoms with van der Waals surface area (Å²) in [6.45, 7) is 6.67. The summed E-state index contributed by atoms with van der Waals surface area (Å²) in [4.78, 5) is 25.8. The maximum Gasteiger partial charge on any atom is 0.311 e. The molecule has 3 atom stereocenters. The van der Waals surface area contributed by atoms with Crippen molar-refractivity contribution in [3.05, 3.63) is 0 Å². The lowest BCUT2D eigenvalue weighted by atomic mass is 9.77. The van der Waals surface area contributed by atoms with Crippen molar-refractivity contribution in [1.82, 2.24) is 10.2 Å². The third kappa shape index (κ3) is 2.61. The Hall–Kier alpha value is -1.10. The molecule has 5 nitrogen and oxygen atoms in total. The molecule has 2 N–H and O–H groups in total. The highest BCUT2D eigenvalue weighted by Crippen LogP contribution is 2.34. The number of aliphatic carboxylic acids is 1. The first kappa shape index (κ1) is 14.3. The standard InChI is InChI=1S/C14H24N2O3/c1-3-14(13(18)19)5-4-6-16(9-14)12(17)11-8-15-7-10(11)2/h10-11,15H,3-9H2,1-2H3,(H,18,19). The van der Waals surface area contributed by atoms with E-state index in [0.29, 0.717) is 31.8 Å². The highest BCUT2D eigenvalue weighted by Gasteiger charge is 2.44. The Kier molecular flexibility index (Phi) is 4.13. The number of carbonyl (C=O) groups is 2. The van der Waals surface area contributed by atoms with Gasteiger partial charge in [-0.1, -0.05) is 13.8 Å². The largest absolute Gasteiger partial charge is 0.481 e. The number of carboxylic acid groups (broad SMARTS) is 1. The molecular formula is C14H24N2O3. The molecule has 5 heteroatoms. The van der Waals surface area contributed by atoms with E-state index < -0.39 is 11.4 Å². The molecule has 2 saturated heterocycles. The van der Waals surface area contributed by atoms with Crippen LogP contribution in [0, 0.1) is 17.3 Å². The van der Waals surface area contributed by atoms with Gasteiger partial charge in [0.25, 0.3) is 0 Å². The molecular weight excluding hydrogens is 244 g/mol. The average Bonchev–Trinajstić information content (AvgIpc) is 2.84. The molecule has 0 aliphatic carbocycles. The molecule has 1 amide bonds. The Balaban J connectivity index is 2.08. The van der Waals surface area contributed by atoms with Crippen LogP contribution in [0.5, 0.6) is 0 Å². The van der Waals surface area contributed by atoms with Crippen molar-refractivity contribution < 1.29 is 14.7 Å². The van der Waals surface area contributed by atoms with Crippen LogP contribution in [-0.2, 0) is 9.59 Å². The first-order valence-corrected chi connectivity index (χ1v) is 7.23. The van der Waals surface area contributed by atoms with Crippen LogP contribution in [-0.4, -0.2) is 48.1 Å². The number of hydrogen-bond acceptors (Lipinski definition) is 3. The SMILES string of the molecule is CCC1(C(=O)O)CCCN(C(=O)C2CNCC2C)C1. The lowest BCUT2D eigenvalue weighted by molar-refractivity contribution is -0.156. The van der Waals surface area contributed by atoms with Crippen molar-refractivity contribution in [2.24, 2.45) is 17.3 Å². The number of carboxylic acids is 1. The van der Waals surface area contributed by atoms with Gasteiger partial charge in [-0.2, -0.15) is 0 Å². The van der Waals surface area contributed by atoms with Gasteiger partial charge < -0.3 is 15.3 Å². The molecule has 0 spiro atoms. The van der Waals surface area contributed by atoms with E-state index in [1.54, 1.807) is 4.90 Å². The zero-order valence-electron chi connectivity index (χ0n) is 11.8. The van der Waals surface area contributed by atoms with Crippen molar-refractivity contribution in [3.63, 3.8) is 0 Å². The second-order valence-electron chi connectivity index (χ2n) is 6.04. The predicted molar refractivity (Wildman–Crippen MR) is 71.7 cm³/mol. The predicted octanol–water partition coefficient (Wildman–Crippen LogP) is 0.945. The third-order valence-corrected chi connectivity index (χ3v) is 4.85. The van der Waals surface area contributed by atoms with Crippen LogP contribution in [0.25, 0.3) is 0 Å². The van der Waals surface area contributed by atoms with E-state index in [4.69, 9.17) is 0 Å². The number of likely N-dealkylation sites (tertiary alicyclic amines) is 1. The summed E-state index contributed by atoms with van der Waals surface area (Å²) in [6, 6.07) is 0. The molecule has 0 radical (unpaired) electrons. The fourth-order valence-electron chi connectivity index (χ4n) is 3.31. The molecule has 2 aliphatic rings. The van der Waals surface area contributed by atoms with E-state index in [0.717, 1.165) is 19.5 Å². The average molecular weight is 268 g/mol. The minimum atomic E-state index is -0.759. The molecule has 0 bridgehead atoms. The van der Waals surface area contributed by atoms with E-state index in [9.17, 15) is 14.7 Å². The minimum absolute atomic E-state index is 0.0152. The number of carbonyl (C=O) groups excluding carboxylic acids is 1. The van der Waals surface area contributed by atoms with E-state index in [1.807, 2.05) is 6.92 Å². The number of hydrogen-bond donors (Lipinski definition) is 2. The van der Waals surface area contributed by atoms with Gasteiger partial charge in [0.05, 0.1) is 11.3 Å². The molecule has 19 heavy (non-hydrogen) atoms. The lowest BCUT2D eigenvalue weighted by Gasteiger charge is -2.40. The number of nitrogens with zero attached hydrogens (tertiary/aromatic N) is 1. The Morgan fingerprint density at radius 2 is 2.16 bits per heavy atom. The summed E-state index contributed by atoms with van der Waals surface area (Å²) in [5.74, 6) is -0.266. The molecule has 108 valence electrons. The van der Waals surface area contributed by atoms with Crippen LogP contribution in [0.3, 0.4) is 0 Å². The van der Waals surface area contributed by atoms with Crippen molar-refractivity contribution in [2.45, 2.75) is 33.1 Å². The van der Waals surface area contributed by atoms with Gasteiger partial charge in [0.2, 0.25) is 5.91 Å². The monoisotopic (exact) mass is 268 g/mol. The molecule has 0 aromatic rings. The van der Waals surface area contributed by atoms with E-state index in [-0.39, 0.29) is 11.8 Å². The zero-order valence-corrected chi connectivity index (χ0v) is 11.8. The normalized spacial score (nSPS) is 35.4. The smallest absolute Gasteiger partial charge is 0.311 e. The minimum Gasteiger partial charge on any atom is -0.481 e.